The van der Waals surface area contributed by atoms with E-state index in [9.17, 15) is 35.4 Å². The summed E-state index contributed by atoms with van der Waals surface area (Å²) in [6.07, 6.45) is -5.81. The van der Waals surface area contributed by atoms with Crippen molar-refractivity contribution in [1.29, 1.82) is 0 Å². The molecule has 1 aromatic carbocycles. The number of ether oxygens (including phenoxy) is 5. The number of nitrogens with zero attached hydrogens (tertiary/aromatic N) is 5. The molecule has 18 heteroatoms. The molecule has 382 valence electrons. The first kappa shape index (κ1) is 55.8. The molecule has 3 aliphatic heterocycles. The Hall–Kier alpha value is -2.17. The van der Waals surface area contributed by atoms with Crippen molar-refractivity contribution in [3.8, 4) is 0 Å². The van der Waals surface area contributed by atoms with Gasteiger partial charge in [0.15, 0.2) is 6.29 Å². The Morgan fingerprint density at radius 3 is 2.28 bits per heavy atom. The Balaban J connectivity index is 1.46. The molecule has 19 atom stereocenters. The van der Waals surface area contributed by atoms with Gasteiger partial charge < -0.3 is 64.1 Å². The maximum atomic E-state index is 14.6. The number of aliphatic hydroxyl groups is 6. The Kier molecular flexibility index (Phi) is 19.1. The van der Waals surface area contributed by atoms with Gasteiger partial charge in [-0.25, -0.2) is 4.68 Å². The standard InChI is InChI=1S/C49H82BrN5O12/c1-14-39-49(10,62)42(58)31(6)54(12)24-27(2)22-47(8,61)44(29(4)40(30(5)45(60)66-39)38-23-48(9,63-13)43(59)32(7)65-38)67-46-41(57)36(21-28(3)64-46)53(11)20-19-35-25-55(52-51-35)26-37(56)33-15-17-34(50)18-16-33/h15-18,25,27-32,36-44,46,56-59,61-62H,14,19-24,26H2,1-13H3/t27-,28-,29+,30-,31-,32+,36+,37+,38?,39-,40+,41-,42-,43+,44-,46+,47-,48-,49-/m1/s1. The van der Waals surface area contributed by atoms with E-state index in [0.717, 1.165) is 15.7 Å². The van der Waals surface area contributed by atoms with E-state index in [2.05, 4.69) is 31.1 Å². The first-order chi connectivity index (χ1) is 31.2. The summed E-state index contributed by atoms with van der Waals surface area (Å²) in [5, 5.41) is 79.4. The number of aromatic nitrogens is 3. The number of hydrogen-bond donors (Lipinski definition) is 6. The normalized spacial score (nSPS) is 41.6. The second-order valence-electron chi connectivity index (χ2n) is 21.0. The number of hydrogen-bond acceptors (Lipinski definition) is 16. The second kappa shape index (κ2) is 22.9. The van der Waals surface area contributed by atoms with Gasteiger partial charge in [0, 0.05) is 61.7 Å². The van der Waals surface area contributed by atoms with Crippen molar-refractivity contribution < 1.29 is 59.1 Å². The number of benzene rings is 1. The van der Waals surface area contributed by atoms with E-state index in [-0.39, 0.29) is 37.8 Å². The number of aliphatic hydroxyl groups excluding tert-OH is 4. The van der Waals surface area contributed by atoms with Crippen molar-refractivity contribution in [2.45, 2.75) is 198 Å². The minimum absolute atomic E-state index is 0.173. The molecule has 67 heavy (non-hydrogen) atoms. The second-order valence-corrected chi connectivity index (χ2v) is 21.9. The summed E-state index contributed by atoms with van der Waals surface area (Å²) in [4.78, 5) is 18.6. The van der Waals surface area contributed by atoms with Crippen molar-refractivity contribution in [3.05, 3.63) is 46.2 Å². The summed E-state index contributed by atoms with van der Waals surface area (Å²) in [5.74, 6) is -3.14. The molecule has 0 amide bonds. The van der Waals surface area contributed by atoms with E-state index in [1.165, 1.54) is 14.0 Å². The molecule has 0 spiro atoms. The number of cyclic esters (lactones) is 1. The van der Waals surface area contributed by atoms with Crippen LogP contribution in [0.2, 0.25) is 0 Å². The van der Waals surface area contributed by atoms with Gasteiger partial charge in [0.2, 0.25) is 0 Å². The lowest BCUT2D eigenvalue weighted by Gasteiger charge is -2.51. The minimum atomic E-state index is -1.81. The van der Waals surface area contributed by atoms with Crippen LogP contribution in [0.4, 0.5) is 0 Å². The zero-order valence-corrected chi connectivity index (χ0v) is 43.6. The van der Waals surface area contributed by atoms with Crippen LogP contribution in [0.15, 0.2) is 34.9 Å². The van der Waals surface area contributed by atoms with Crippen LogP contribution in [0.3, 0.4) is 0 Å². The third-order valence-corrected chi connectivity index (χ3v) is 15.9. The lowest BCUT2D eigenvalue weighted by atomic mass is 9.68. The van der Waals surface area contributed by atoms with Gasteiger partial charge in [-0.3, -0.25) is 4.79 Å². The maximum Gasteiger partial charge on any atom is 0.309 e. The van der Waals surface area contributed by atoms with E-state index in [1.807, 2.05) is 77.2 Å². The molecule has 6 N–H and O–H groups in total. The molecule has 3 aliphatic rings. The molecule has 0 saturated carbocycles. The van der Waals surface area contributed by atoms with E-state index >= 15 is 0 Å². The van der Waals surface area contributed by atoms with Crippen LogP contribution in [-0.2, 0) is 41.4 Å². The SMILES string of the molecule is CC[C@H]1OC(=O)[C@H](C)[C@@H](C2C[C@@](C)(OC)[C@@H](O)[C@H](C)O2)[C@H](C)[C@@H](O[C@@H]2O[C@H](C)C[C@H](N(C)CCc3cn(C[C@H](O)c4ccc(Br)cc4)nn3)[C@H]2O)[C@](C)(O)C[C@@H](C)CN(C)[C@H](C)[C@@H](O)[C@]1(C)O. The lowest BCUT2D eigenvalue weighted by molar-refractivity contribution is -0.302. The Morgan fingerprint density at radius 1 is 1.00 bits per heavy atom. The largest absolute Gasteiger partial charge is 0.459 e. The van der Waals surface area contributed by atoms with Crippen LogP contribution >= 0.6 is 15.9 Å². The monoisotopic (exact) mass is 1010 g/mol. The Morgan fingerprint density at radius 2 is 1.66 bits per heavy atom. The number of esters is 1. The average Bonchev–Trinajstić information content (AvgIpc) is 3.72. The molecule has 5 rings (SSSR count). The zero-order chi connectivity index (χ0) is 49.9. The highest BCUT2D eigenvalue weighted by atomic mass is 79.9. The van der Waals surface area contributed by atoms with E-state index in [4.69, 9.17) is 23.7 Å². The van der Waals surface area contributed by atoms with Crippen LogP contribution < -0.4 is 0 Å². The summed E-state index contributed by atoms with van der Waals surface area (Å²) in [6.45, 7) is 19.1. The van der Waals surface area contributed by atoms with Crippen molar-refractivity contribution in [3.63, 3.8) is 0 Å². The summed E-state index contributed by atoms with van der Waals surface area (Å²) in [6, 6.07) is 6.50. The van der Waals surface area contributed by atoms with Crippen molar-refractivity contribution in [2.24, 2.45) is 23.7 Å². The summed E-state index contributed by atoms with van der Waals surface area (Å²) in [7, 11) is 5.31. The molecule has 1 aromatic heterocycles. The van der Waals surface area contributed by atoms with E-state index in [0.29, 0.717) is 25.9 Å². The topological polar surface area (TPSA) is 222 Å². The van der Waals surface area contributed by atoms with Crippen LogP contribution in [0.25, 0.3) is 0 Å². The van der Waals surface area contributed by atoms with Crippen molar-refractivity contribution >= 4 is 21.9 Å². The predicted molar refractivity (Wildman–Crippen MR) is 255 cm³/mol. The van der Waals surface area contributed by atoms with Crippen LogP contribution in [0.5, 0.6) is 0 Å². The van der Waals surface area contributed by atoms with Gasteiger partial charge >= 0.3 is 5.97 Å². The molecular formula is C49H82BrN5O12. The number of carbonyl (C=O) groups is 1. The van der Waals surface area contributed by atoms with Crippen molar-refractivity contribution in [2.75, 3.05) is 34.3 Å². The van der Waals surface area contributed by atoms with Gasteiger partial charge in [0.25, 0.3) is 0 Å². The molecule has 17 nitrogen and oxygen atoms in total. The summed E-state index contributed by atoms with van der Waals surface area (Å²) >= 11 is 3.43. The first-order valence-corrected chi connectivity index (χ1v) is 25.0. The fourth-order valence-electron chi connectivity index (χ4n) is 11.2. The van der Waals surface area contributed by atoms with Gasteiger partial charge in [0.05, 0.1) is 59.9 Å². The van der Waals surface area contributed by atoms with E-state index in [1.54, 1.807) is 39.3 Å². The number of halogens is 1. The molecule has 3 fully saturated rings. The molecule has 0 aliphatic carbocycles. The summed E-state index contributed by atoms with van der Waals surface area (Å²) in [5.41, 5.74) is -2.96. The van der Waals surface area contributed by atoms with Crippen LogP contribution in [0.1, 0.15) is 112 Å². The van der Waals surface area contributed by atoms with Crippen molar-refractivity contribution in [1.82, 2.24) is 24.8 Å². The highest BCUT2D eigenvalue weighted by Gasteiger charge is 2.55. The Labute approximate surface area is 406 Å². The molecule has 0 bridgehead atoms. The fourth-order valence-corrected chi connectivity index (χ4v) is 11.4. The molecule has 0 radical (unpaired) electrons. The summed E-state index contributed by atoms with van der Waals surface area (Å²) < 4.78 is 34.7. The zero-order valence-electron chi connectivity index (χ0n) is 42.0. The van der Waals surface area contributed by atoms with Gasteiger partial charge in [-0.2, -0.15) is 0 Å². The van der Waals surface area contributed by atoms with Gasteiger partial charge in [-0.15, -0.1) is 5.10 Å². The minimum Gasteiger partial charge on any atom is -0.459 e. The van der Waals surface area contributed by atoms with Gasteiger partial charge in [-0.1, -0.05) is 61.0 Å². The van der Waals surface area contributed by atoms with Gasteiger partial charge in [-0.05, 0) is 104 Å². The quantitative estimate of drug-likeness (QED) is 0.166. The molecule has 1 unspecified atom stereocenters. The first-order valence-electron chi connectivity index (χ1n) is 24.2. The molecule has 3 saturated heterocycles. The fraction of sp³-hybridized carbons (Fsp3) is 0.816. The van der Waals surface area contributed by atoms with Gasteiger partial charge in [0.1, 0.15) is 30.0 Å². The highest BCUT2D eigenvalue weighted by Crippen LogP contribution is 2.45. The molecular weight excluding hydrogens is 930 g/mol. The van der Waals surface area contributed by atoms with E-state index < -0.39 is 108 Å². The smallest absolute Gasteiger partial charge is 0.309 e. The third kappa shape index (κ3) is 13.0. The predicted octanol–water partition coefficient (Wildman–Crippen LogP) is 3.87. The maximum absolute atomic E-state index is 14.6. The number of carbonyl (C=O) groups excluding carboxylic acids is 1. The molecule has 2 aromatic rings. The van der Waals surface area contributed by atoms with Crippen LogP contribution in [0, 0.1) is 23.7 Å². The Bertz CT molecular complexity index is 1870. The van der Waals surface area contributed by atoms with Crippen LogP contribution in [-0.4, -0.2) is 180 Å². The highest BCUT2D eigenvalue weighted by molar-refractivity contribution is 9.10. The number of rotatable bonds is 12. The molecule has 4 heterocycles. The number of likely N-dealkylation sites (N-methyl/N-ethyl adjacent to an activating group) is 2. The average molecular weight is 1010 g/mol. The third-order valence-electron chi connectivity index (χ3n) is 15.4. The number of methoxy groups -OCH3 is 1. The lowest BCUT2D eigenvalue weighted by Crippen LogP contribution is -2.62.